The largest absolute Gasteiger partial charge is 0.350 e. The van der Waals surface area contributed by atoms with Gasteiger partial charge in [0, 0.05) is 138 Å². The molecule has 5 nitrogen and oxygen atoms in total. The fraction of sp³-hybridized carbons (Fsp3) is 0.137. The number of para-hydroxylation sites is 3. The SMILES string of the molecule is Cn1cc(-c2cncc(-c3cn(C)c4ccccc34)c2-c2cc3c4c(c2)-n2c5ccc6c7ccccc7c7ccccc7c6c5c5cccc(c52)B4c2cc(C(C)(C)C)cc4c5cc(C(C)(C)C)ccc5n-3c24)c2ccccc21. The molecule has 5 aromatic heterocycles. The third kappa shape index (κ3) is 5.88. The molecule has 2 aliphatic rings. The quantitative estimate of drug-likeness (QED) is 0.128. The van der Waals surface area contributed by atoms with Crippen molar-refractivity contribution in [3.05, 3.63) is 206 Å². The summed E-state index contributed by atoms with van der Waals surface area (Å²) in [6.45, 7) is 14.1. The number of hydrogen-bond acceptors (Lipinski definition) is 1. The summed E-state index contributed by atoms with van der Waals surface area (Å²) in [5.41, 5.74) is 23.4. The molecule has 0 radical (unpaired) electrons. The van der Waals surface area contributed by atoms with Crippen molar-refractivity contribution in [1.29, 1.82) is 0 Å². The number of pyridine rings is 1. The van der Waals surface area contributed by atoms with Gasteiger partial charge >= 0.3 is 0 Å². The van der Waals surface area contributed by atoms with Gasteiger partial charge in [0.25, 0.3) is 6.71 Å². The van der Waals surface area contributed by atoms with Crippen LogP contribution >= 0.6 is 0 Å². The second-order valence-electron chi connectivity index (χ2n) is 24.9. The Morgan fingerprint density at radius 3 is 1.51 bits per heavy atom. The molecular weight excluding hydrogens is 958 g/mol. The van der Waals surface area contributed by atoms with Crippen LogP contribution in [0.4, 0.5) is 0 Å². The van der Waals surface area contributed by atoms with E-state index in [0.29, 0.717) is 0 Å². The van der Waals surface area contributed by atoms with Gasteiger partial charge in [0.1, 0.15) is 0 Å². The molecule has 6 heteroatoms. The molecule has 0 unspecified atom stereocenters. The van der Waals surface area contributed by atoms with E-state index in [9.17, 15) is 0 Å². The molecule has 17 rings (SSSR count). The minimum atomic E-state index is -0.0938. The van der Waals surface area contributed by atoms with Gasteiger partial charge in [0.05, 0.1) is 11.0 Å². The van der Waals surface area contributed by atoms with Gasteiger partial charge in [0.2, 0.25) is 0 Å². The topological polar surface area (TPSA) is 32.6 Å². The zero-order chi connectivity index (χ0) is 53.1. The van der Waals surface area contributed by atoms with Gasteiger partial charge in [-0.3, -0.25) is 4.98 Å². The predicted molar refractivity (Wildman–Crippen MR) is 337 cm³/mol. The van der Waals surface area contributed by atoms with Crippen LogP contribution in [0.15, 0.2) is 195 Å². The Morgan fingerprint density at radius 2 is 0.886 bits per heavy atom. The lowest BCUT2D eigenvalue weighted by Crippen LogP contribution is -2.59. The monoisotopic (exact) mass is 1010 g/mol. The molecular formula is C73H56BN5. The lowest BCUT2D eigenvalue weighted by molar-refractivity contribution is 0.590. The summed E-state index contributed by atoms with van der Waals surface area (Å²) in [6, 6.07) is 65.3. The summed E-state index contributed by atoms with van der Waals surface area (Å²) in [5.74, 6) is 0. The molecule has 0 N–H and O–H groups in total. The standard InChI is InChI=1S/C73H56BN5/c1-72(2,3)42-28-30-62-52(34-42)53-35-43(73(4,5)6)36-59-71(53)78(62)64-32-41(66-54(56-39-76(7)60-26-15-13-21-47(56)60)37-75-38-55(66)57-40-77(8)61-27-16-14-22-48(57)61)33-65-69(64)74(59)58-25-17-24-51-68-63(79(65)70(51)58)31-29-50-46-20-10-9-18-44(46)45-19-11-12-23-49(45)67(50)68/h9-40H,1-8H3. The van der Waals surface area contributed by atoms with E-state index in [0.717, 1.165) is 16.7 Å². The van der Waals surface area contributed by atoms with E-state index < -0.39 is 0 Å². The van der Waals surface area contributed by atoms with Gasteiger partial charge in [-0.2, -0.15) is 0 Å². The van der Waals surface area contributed by atoms with Gasteiger partial charge in [0.15, 0.2) is 0 Å². The summed E-state index contributed by atoms with van der Waals surface area (Å²) in [4.78, 5) is 5.20. The van der Waals surface area contributed by atoms with E-state index in [4.69, 9.17) is 4.98 Å². The van der Waals surface area contributed by atoms with Crippen LogP contribution in [0.5, 0.6) is 0 Å². The Hall–Kier alpha value is -9.13. The second kappa shape index (κ2) is 15.3. The van der Waals surface area contributed by atoms with Crippen molar-refractivity contribution in [3.63, 3.8) is 0 Å². The van der Waals surface area contributed by atoms with Crippen molar-refractivity contribution in [2.45, 2.75) is 52.4 Å². The molecule has 0 saturated carbocycles. The maximum Gasteiger partial charge on any atom is 0.252 e. The van der Waals surface area contributed by atoms with Gasteiger partial charge < -0.3 is 18.3 Å². The van der Waals surface area contributed by atoms with Gasteiger partial charge in [-0.15, -0.1) is 0 Å². The van der Waals surface area contributed by atoms with E-state index in [1.165, 1.54) is 153 Å². The number of fused-ring (bicyclic) bond motifs is 19. The highest BCUT2D eigenvalue weighted by Crippen LogP contribution is 2.50. The molecule has 0 aliphatic carbocycles. The number of hydrogen-bond donors (Lipinski definition) is 0. The van der Waals surface area contributed by atoms with Crippen LogP contribution < -0.4 is 16.4 Å². The van der Waals surface area contributed by atoms with Crippen molar-refractivity contribution in [1.82, 2.24) is 23.3 Å². The number of benzene rings is 10. The highest BCUT2D eigenvalue weighted by atomic mass is 15.0. The molecule has 2 aliphatic heterocycles. The molecule has 376 valence electrons. The molecule has 7 heterocycles. The number of nitrogens with zero attached hydrogens (tertiary/aromatic N) is 5. The number of rotatable bonds is 3. The molecule has 15 aromatic rings. The molecule has 0 saturated heterocycles. The van der Waals surface area contributed by atoms with Crippen LogP contribution in [-0.4, -0.2) is 30.0 Å². The first kappa shape index (κ1) is 44.9. The average Bonchev–Trinajstić information content (AvgIpc) is 4.20. The van der Waals surface area contributed by atoms with Crippen LogP contribution in [0, 0.1) is 0 Å². The summed E-state index contributed by atoms with van der Waals surface area (Å²) in [7, 11) is 4.34. The highest BCUT2D eigenvalue weighted by molar-refractivity contribution is 7.00. The van der Waals surface area contributed by atoms with Gasteiger partial charge in [-0.25, -0.2) is 0 Å². The third-order valence-corrected chi connectivity index (χ3v) is 18.4. The van der Waals surface area contributed by atoms with Crippen molar-refractivity contribution < 1.29 is 0 Å². The maximum absolute atomic E-state index is 5.20. The Balaban J connectivity index is 1.09. The minimum absolute atomic E-state index is 0.0314. The Morgan fingerprint density at radius 1 is 0.380 bits per heavy atom. The normalized spacial score (nSPS) is 13.3. The van der Waals surface area contributed by atoms with Crippen molar-refractivity contribution >= 4 is 121 Å². The zero-order valence-corrected chi connectivity index (χ0v) is 45.8. The fourth-order valence-corrected chi connectivity index (χ4v) is 14.8. The lowest BCUT2D eigenvalue weighted by atomic mass is 9.34. The Kier molecular flexibility index (Phi) is 8.72. The van der Waals surface area contributed by atoms with E-state index >= 15 is 0 Å². The maximum atomic E-state index is 5.20. The van der Waals surface area contributed by atoms with Crippen LogP contribution in [0.25, 0.3) is 142 Å². The molecule has 79 heavy (non-hydrogen) atoms. The number of aryl methyl sites for hydroxylation is 2. The third-order valence-electron chi connectivity index (χ3n) is 18.4. The molecule has 0 bridgehead atoms. The zero-order valence-electron chi connectivity index (χ0n) is 45.8. The lowest BCUT2D eigenvalue weighted by Gasteiger charge is -2.35. The smallest absolute Gasteiger partial charge is 0.252 e. The van der Waals surface area contributed by atoms with E-state index in [1.54, 1.807) is 0 Å². The van der Waals surface area contributed by atoms with Gasteiger partial charge in [-0.05, 0) is 119 Å². The summed E-state index contributed by atoms with van der Waals surface area (Å²) < 4.78 is 9.89. The fourth-order valence-electron chi connectivity index (χ4n) is 14.8. The first-order valence-electron chi connectivity index (χ1n) is 28.0. The average molecular weight is 1010 g/mol. The minimum Gasteiger partial charge on any atom is -0.350 e. The molecule has 0 spiro atoms. The van der Waals surface area contributed by atoms with Crippen molar-refractivity contribution in [2.24, 2.45) is 14.1 Å². The molecule has 0 fully saturated rings. The number of aromatic nitrogens is 5. The highest BCUT2D eigenvalue weighted by Gasteiger charge is 2.42. The van der Waals surface area contributed by atoms with E-state index in [-0.39, 0.29) is 17.5 Å². The summed E-state index contributed by atoms with van der Waals surface area (Å²) >= 11 is 0. The first-order valence-corrected chi connectivity index (χ1v) is 28.0. The molecule has 0 amide bonds. The molecule has 0 atom stereocenters. The predicted octanol–water partition coefficient (Wildman–Crippen LogP) is 16.5. The summed E-state index contributed by atoms with van der Waals surface area (Å²) in [5, 5.41) is 15.4. The Bertz CT molecular complexity index is 5120. The summed E-state index contributed by atoms with van der Waals surface area (Å²) in [6.07, 6.45) is 8.88. The molecule has 10 aromatic carbocycles. The second-order valence-corrected chi connectivity index (χ2v) is 24.9. The van der Waals surface area contributed by atoms with Crippen LogP contribution in [0.1, 0.15) is 52.7 Å². The van der Waals surface area contributed by atoms with Crippen LogP contribution in [-0.2, 0) is 24.9 Å². The van der Waals surface area contributed by atoms with Crippen LogP contribution in [0.2, 0.25) is 0 Å². The van der Waals surface area contributed by atoms with Crippen LogP contribution in [0.3, 0.4) is 0 Å². The Labute approximate surface area is 458 Å². The van der Waals surface area contributed by atoms with E-state index in [2.05, 4.69) is 269 Å². The van der Waals surface area contributed by atoms with E-state index in [1.807, 2.05) is 0 Å². The van der Waals surface area contributed by atoms with Crippen molar-refractivity contribution in [2.75, 3.05) is 0 Å². The first-order chi connectivity index (χ1) is 38.3. The van der Waals surface area contributed by atoms with Crippen molar-refractivity contribution in [3.8, 4) is 44.8 Å². The van der Waals surface area contributed by atoms with Gasteiger partial charge in [-0.1, -0.05) is 163 Å².